The fourth-order valence-electron chi connectivity index (χ4n) is 1.79. The van der Waals surface area contributed by atoms with Gasteiger partial charge in [0.25, 0.3) is 0 Å². The van der Waals surface area contributed by atoms with Crippen molar-refractivity contribution in [3.8, 4) is 11.6 Å². The summed E-state index contributed by atoms with van der Waals surface area (Å²) in [5, 5.41) is 0.956. The lowest BCUT2D eigenvalue weighted by molar-refractivity contribution is 0.454. The van der Waals surface area contributed by atoms with E-state index >= 15 is 0 Å². The molecule has 0 saturated heterocycles. The van der Waals surface area contributed by atoms with Crippen molar-refractivity contribution in [2.24, 2.45) is 0 Å². The summed E-state index contributed by atoms with van der Waals surface area (Å²) in [5.41, 5.74) is 1.61. The molecule has 0 atom stereocenters. The lowest BCUT2D eigenvalue weighted by Crippen LogP contribution is -1.93. The molecule has 3 aromatic rings. The number of aryl methyl sites for hydroxylation is 1. The van der Waals surface area contributed by atoms with Crippen LogP contribution in [0.3, 0.4) is 0 Å². The SMILES string of the molecule is Cc1ccc2cccc(Oc3cc(F)ncn3)c2n1. The van der Waals surface area contributed by atoms with Crippen LogP contribution < -0.4 is 4.74 Å². The van der Waals surface area contributed by atoms with Gasteiger partial charge in [-0.05, 0) is 19.1 Å². The second-order valence-electron chi connectivity index (χ2n) is 4.06. The van der Waals surface area contributed by atoms with E-state index in [1.807, 2.05) is 31.2 Å². The number of rotatable bonds is 2. The van der Waals surface area contributed by atoms with Gasteiger partial charge >= 0.3 is 0 Å². The first kappa shape index (κ1) is 11.5. The Morgan fingerprint density at radius 3 is 2.84 bits per heavy atom. The van der Waals surface area contributed by atoms with Gasteiger partial charge in [-0.15, -0.1) is 0 Å². The van der Waals surface area contributed by atoms with Gasteiger partial charge < -0.3 is 4.74 Å². The molecule has 19 heavy (non-hydrogen) atoms. The molecule has 0 unspecified atom stereocenters. The highest BCUT2D eigenvalue weighted by molar-refractivity contribution is 5.84. The maximum atomic E-state index is 13.0. The van der Waals surface area contributed by atoms with Gasteiger partial charge in [-0.25, -0.2) is 15.0 Å². The Morgan fingerprint density at radius 1 is 1.11 bits per heavy atom. The lowest BCUT2D eigenvalue weighted by Gasteiger charge is -2.07. The van der Waals surface area contributed by atoms with E-state index in [0.29, 0.717) is 5.75 Å². The van der Waals surface area contributed by atoms with Crippen LogP contribution in [0.2, 0.25) is 0 Å². The molecule has 0 spiro atoms. The molecule has 0 fully saturated rings. The highest BCUT2D eigenvalue weighted by Crippen LogP contribution is 2.27. The van der Waals surface area contributed by atoms with Crippen LogP contribution in [0, 0.1) is 12.9 Å². The van der Waals surface area contributed by atoms with Crippen LogP contribution in [-0.4, -0.2) is 15.0 Å². The normalized spacial score (nSPS) is 10.6. The van der Waals surface area contributed by atoms with E-state index in [1.54, 1.807) is 6.07 Å². The van der Waals surface area contributed by atoms with Crippen molar-refractivity contribution in [3.05, 3.63) is 54.4 Å². The average molecular weight is 255 g/mol. The first-order valence-electron chi connectivity index (χ1n) is 5.74. The number of halogens is 1. The molecule has 3 rings (SSSR count). The van der Waals surface area contributed by atoms with Crippen LogP contribution in [0.15, 0.2) is 42.7 Å². The molecule has 0 aliphatic rings. The van der Waals surface area contributed by atoms with E-state index in [9.17, 15) is 4.39 Å². The van der Waals surface area contributed by atoms with Crippen LogP contribution in [0.1, 0.15) is 5.69 Å². The predicted molar refractivity (Wildman–Crippen MR) is 68.5 cm³/mol. The Bertz CT molecular complexity index is 746. The third kappa shape index (κ3) is 2.35. The molecule has 0 saturated carbocycles. The minimum absolute atomic E-state index is 0.156. The van der Waals surface area contributed by atoms with Gasteiger partial charge in [-0.2, -0.15) is 4.39 Å². The Hall–Kier alpha value is -2.56. The summed E-state index contributed by atoms with van der Waals surface area (Å²) in [7, 11) is 0. The molecule has 0 N–H and O–H groups in total. The summed E-state index contributed by atoms with van der Waals surface area (Å²) in [5.74, 6) is 0.0667. The molecule has 2 heterocycles. The summed E-state index contributed by atoms with van der Waals surface area (Å²) in [6.45, 7) is 1.90. The van der Waals surface area contributed by atoms with Gasteiger partial charge in [-0.1, -0.05) is 18.2 Å². The lowest BCUT2D eigenvalue weighted by atomic mass is 10.2. The zero-order valence-corrected chi connectivity index (χ0v) is 10.2. The Balaban J connectivity index is 2.07. The summed E-state index contributed by atoms with van der Waals surface area (Å²) in [6, 6.07) is 10.6. The number of para-hydroxylation sites is 1. The smallest absolute Gasteiger partial charge is 0.225 e. The molecule has 4 nitrogen and oxygen atoms in total. The van der Waals surface area contributed by atoms with Gasteiger partial charge in [-0.3, -0.25) is 0 Å². The molecule has 94 valence electrons. The second kappa shape index (κ2) is 4.61. The van der Waals surface area contributed by atoms with Crippen LogP contribution in [0.4, 0.5) is 4.39 Å². The average Bonchev–Trinajstić information content (AvgIpc) is 2.39. The number of hydrogen-bond acceptors (Lipinski definition) is 4. The van der Waals surface area contributed by atoms with Crippen molar-refractivity contribution in [2.45, 2.75) is 6.92 Å². The first-order valence-corrected chi connectivity index (χ1v) is 5.74. The molecule has 0 amide bonds. The number of ether oxygens (including phenoxy) is 1. The Morgan fingerprint density at radius 2 is 2.00 bits per heavy atom. The number of pyridine rings is 1. The third-order valence-corrected chi connectivity index (χ3v) is 2.65. The number of aromatic nitrogens is 3. The number of nitrogens with zero attached hydrogens (tertiary/aromatic N) is 3. The van der Waals surface area contributed by atoms with Gasteiger partial charge in [0.1, 0.15) is 11.8 Å². The van der Waals surface area contributed by atoms with Gasteiger partial charge in [0.05, 0.1) is 6.07 Å². The molecular weight excluding hydrogens is 245 g/mol. The summed E-state index contributed by atoms with van der Waals surface area (Å²) < 4.78 is 18.6. The predicted octanol–water partition coefficient (Wildman–Crippen LogP) is 3.26. The summed E-state index contributed by atoms with van der Waals surface area (Å²) in [6.07, 6.45) is 1.12. The Labute approximate surface area is 108 Å². The highest BCUT2D eigenvalue weighted by Gasteiger charge is 2.06. The zero-order chi connectivity index (χ0) is 13.2. The van der Waals surface area contributed by atoms with E-state index < -0.39 is 5.95 Å². The Kier molecular flexibility index (Phi) is 2.79. The van der Waals surface area contributed by atoms with E-state index in [-0.39, 0.29) is 5.88 Å². The fourth-order valence-corrected chi connectivity index (χ4v) is 1.79. The molecule has 0 aliphatic carbocycles. The molecule has 5 heteroatoms. The van der Waals surface area contributed by atoms with E-state index in [4.69, 9.17) is 4.74 Å². The van der Waals surface area contributed by atoms with Crippen LogP contribution in [-0.2, 0) is 0 Å². The minimum Gasteiger partial charge on any atom is -0.437 e. The standard InChI is InChI=1S/C14H10FN3O/c1-9-5-6-10-3-2-4-11(14(10)18-9)19-13-7-12(15)16-8-17-13/h2-8H,1H3. The maximum absolute atomic E-state index is 13.0. The van der Waals surface area contributed by atoms with Gasteiger partial charge in [0.15, 0.2) is 5.75 Å². The van der Waals surface area contributed by atoms with E-state index in [2.05, 4.69) is 15.0 Å². The largest absolute Gasteiger partial charge is 0.437 e. The van der Waals surface area contributed by atoms with Crippen LogP contribution >= 0.6 is 0 Å². The van der Waals surface area contributed by atoms with E-state index in [0.717, 1.165) is 29.0 Å². The fraction of sp³-hybridized carbons (Fsp3) is 0.0714. The van der Waals surface area contributed by atoms with Crippen molar-refractivity contribution in [2.75, 3.05) is 0 Å². The molecule has 0 aliphatic heterocycles. The van der Waals surface area contributed by atoms with Crippen molar-refractivity contribution in [3.63, 3.8) is 0 Å². The monoisotopic (exact) mass is 255 g/mol. The third-order valence-electron chi connectivity index (χ3n) is 2.65. The number of hydrogen-bond donors (Lipinski definition) is 0. The van der Waals surface area contributed by atoms with Crippen molar-refractivity contribution < 1.29 is 9.13 Å². The van der Waals surface area contributed by atoms with E-state index in [1.165, 1.54) is 0 Å². The zero-order valence-electron chi connectivity index (χ0n) is 10.2. The summed E-state index contributed by atoms with van der Waals surface area (Å²) >= 11 is 0. The topological polar surface area (TPSA) is 47.9 Å². The highest BCUT2D eigenvalue weighted by atomic mass is 19.1. The second-order valence-corrected chi connectivity index (χ2v) is 4.06. The molecule has 0 bridgehead atoms. The van der Waals surface area contributed by atoms with Crippen molar-refractivity contribution >= 4 is 10.9 Å². The number of fused-ring (bicyclic) bond motifs is 1. The van der Waals surface area contributed by atoms with Crippen molar-refractivity contribution in [1.82, 2.24) is 15.0 Å². The molecule has 2 aromatic heterocycles. The van der Waals surface area contributed by atoms with Crippen LogP contribution in [0.5, 0.6) is 11.6 Å². The molecular formula is C14H10FN3O. The van der Waals surface area contributed by atoms with Crippen molar-refractivity contribution in [1.29, 1.82) is 0 Å². The minimum atomic E-state index is -0.630. The quantitative estimate of drug-likeness (QED) is 0.659. The molecule has 0 radical (unpaired) electrons. The van der Waals surface area contributed by atoms with Gasteiger partial charge in [0, 0.05) is 11.1 Å². The first-order chi connectivity index (χ1) is 9.22. The maximum Gasteiger partial charge on any atom is 0.225 e. The van der Waals surface area contributed by atoms with Gasteiger partial charge in [0.2, 0.25) is 11.8 Å². The van der Waals surface area contributed by atoms with Crippen LogP contribution in [0.25, 0.3) is 10.9 Å². The summed E-state index contributed by atoms with van der Waals surface area (Å²) in [4.78, 5) is 11.7. The molecule has 1 aromatic carbocycles. The number of benzene rings is 1.